The fraction of sp³-hybridized carbons (Fsp3) is 0.286. The molecule has 96 valence electrons. The Morgan fingerprint density at radius 1 is 1.22 bits per heavy atom. The molecule has 0 N–H and O–H groups in total. The van der Waals surface area contributed by atoms with E-state index >= 15 is 0 Å². The minimum absolute atomic E-state index is 0.518. The zero-order valence-electron chi connectivity index (χ0n) is 10.1. The summed E-state index contributed by atoms with van der Waals surface area (Å²) < 4.78 is 6.75. The van der Waals surface area contributed by atoms with Crippen LogP contribution in [0.5, 0.6) is 5.75 Å². The largest absolute Gasteiger partial charge is 0.487 e. The molecular formula is C14H14BrClOS. The van der Waals surface area contributed by atoms with Gasteiger partial charge in [0.15, 0.2) is 0 Å². The van der Waals surface area contributed by atoms with Crippen LogP contribution in [0.25, 0.3) is 0 Å². The number of aryl methyl sites for hydroxylation is 1. The van der Waals surface area contributed by atoms with E-state index in [1.54, 1.807) is 11.3 Å². The number of rotatable bonds is 5. The lowest BCUT2D eigenvalue weighted by Gasteiger charge is -2.08. The first-order valence-electron chi connectivity index (χ1n) is 5.77. The average molecular weight is 346 g/mol. The maximum atomic E-state index is 5.80. The normalized spacial score (nSPS) is 10.6. The third kappa shape index (κ3) is 3.50. The second kappa shape index (κ2) is 6.60. The molecule has 0 aliphatic carbocycles. The molecule has 0 fully saturated rings. The topological polar surface area (TPSA) is 9.23 Å². The van der Waals surface area contributed by atoms with E-state index in [2.05, 4.69) is 35.0 Å². The Hall–Kier alpha value is -0.510. The lowest BCUT2D eigenvalue weighted by molar-refractivity contribution is 0.308. The van der Waals surface area contributed by atoms with Gasteiger partial charge in [-0.25, -0.2) is 0 Å². The molecule has 18 heavy (non-hydrogen) atoms. The van der Waals surface area contributed by atoms with E-state index in [1.165, 1.54) is 9.75 Å². The van der Waals surface area contributed by atoms with Crippen LogP contribution in [0, 0.1) is 0 Å². The second-order valence-corrected chi connectivity index (χ2v) is 6.28. The van der Waals surface area contributed by atoms with Crippen molar-refractivity contribution in [2.24, 2.45) is 0 Å². The van der Waals surface area contributed by atoms with Crippen molar-refractivity contribution < 1.29 is 4.74 Å². The van der Waals surface area contributed by atoms with Gasteiger partial charge >= 0.3 is 0 Å². The van der Waals surface area contributed by atoms with Crippen LogP contribution in [0.1, 0.15) is 22.2 Å². The van der Waals surface area contributed by atoms with Gasteiger partial charge in [-0.15, -0.1) is 22.9 Å². The van der Waals surface area contributed by atoms with Gasteiger partial charge in [0.1, 0.15) is 12.4 Å². The number of hydrogen-bond donors (Lipinski definition) is 0. The predicted molar refractivity (Wildman–Crippen MR) is 81.7 cm³/mol. The molecule has 2 rings (SSSR count). The first kappa shape index (κ1) is 13.9. The Balaban J connectivity index is 2.01. The zero-order valence-corrected chi connectivity index (χ0v) is 13.2. The summed E-state index contributed by atoms with van der Waals surface area (Å²) in [4.78, 5) is 2.64. The van der Waals surface area contributed by atoms with Gasteiger partial charge in [0, 0.05) is 15.6 Å². The van der Waals surface area contributed by atoms with Gasteiger partial charge in [-0.1, -0.05) is 13.0 Å². The molecule has 1 aromatic carbocycles. The molecule has 0 saturated heterocycles. The quantitative estimate of drug-likeness (QED) is 0.660. The van der Waals surface area contributed by atoms with Crippen LogP contribution in [-0.4, -0.2) is 0 Å². The van der Waals surface area contributed by atoms with Crippen LogP contribution < -0.4 is 4.74 Å². The van der Waals surface area contributed by atoms with Crippen LogP contribution in [-0.2, 0) is 18.9 Å². The standard InChI is InChI=1S/C14H14BrClOS/c1-2-11-4-5-12(18-11)9-17-14-6-3-10(8-16)7-13(14)15/h3-7H,2,8-9H2,1H3. The van der Waals surface area contributed by atoms with E-state index in [0.29, 0.717) is 12.5 Å². The molecule has 0 aliphatic heterocycles. The lowest BCUT2D eigenvalue weighted by atomic mass is 10.2. The van der Waals surface area contributed by atoms with E-state index in [0.717, 1.165) is 22.2 Å². The Labute approximate surface area is 125 Å². The Morgan fingerprint density at radius 2 is 2.00 bits per heavy atom. The molecule has 1 heterocycles. The molecule has 2 aromatic rings. The van der Waals surface area contributed by atoms with Crippen LogP contribution >= 0.6 is 38.9 Å². The van der Waals surface area contributed by atoms with Crippen molar-refractivity contribution in [1.29, 1.82) is 0 Å². The molecule has 0 saturated carbocycles. The van der Waals surface area contributed by atoms with Crippen molar-refractivity contribution in [2.45, 2.75) is 25.8 Å². The van der Waals surface area contributed by atoms with Gasteiger partial charge in [-0.3, -0.25) is 0 Å². The third-order valence-electron chi connectivity index (χ3n) is 2.59. The van der Waals surface area contributed by atoms with Crippen molar-refractivity contribution >= 4 is 38.9 Å². The van der Waals surface area contributed by atoms with Crippen molar-refractivity contribution in [3.8, 4) is 5.75 Å². The number of halogens is 2. The van der Waals surface area contributed by atoms with Gasteiger partial charge in [0.25, 0.3) is 0 Å². The fourth-order valence-electron chi connectivity index (χ4n) is 1.58. The highest BCUT2D eigenvalue weighted by molar-refractivity contribution is 9.10. The minimum atomic E-state index is 0.518. The summed E-state index contributed by atoms with van der Waals surface area (Å²) in [7, 11) is 0. The molecule has 0 amide bonds. The van der Waals surface area contributed by atoms with Crippen LogP contribution in [0.3, 0.4) is 0 Å². The smallest absolute Gasteiger partial charge is 0.134 e. The molecular weight excluding hydrogens is 332 g/mol. The molecule has 1 aromatic heterocycles. The van der Waals surface area contributed by atoms with E-state index < -0.39 is 0 Å². The van der Waals surface area contributed by atoms with Crippen LogP contribution in [0.15, 0.2) is 34.8 Å². The van der Waals surface area contributed by atoms with Gasteiger partial charge in [-0.05, 0) is 52.2 Å². The zero-order chi connectivity index (χ0) is 13.0. The van der Waals surface area contributed by atoms with Crippen molar-refractivity contribution in [3.63, 3.8) is 0 Å². The second-order valence-electron chi connectivity index (χ2n) is 3.91. The van der Waals surface area contributed by atoms with E-state index in [-0.39, 0.29) is 0 Å². The molecule has 0 spiro atoms. The van der Waals surface area contributed by atoms with Crippen molar-refractivity contribution in [1.82, 2.24) is 0 Å². The van der Waals surface area contributed by atoms with E-state index in [4.69, 9.17) is 16.3 Å². The average Bonchev–Trinajstić information content (AvgIpc) is 2.85. The highest BCUT2D eigenvalue weighted by Gasteiger charge is 2.04. The van der Waals surface area contributed by atoms with Crippen LogP contribution in [0.4, 0.5) is 0 Å². The Kier molecular flexibility index (Phi) is 5.10. The SMILES string of the molecule is CCc1ccc(COc2ccc(CCl)cc2Br)s1. The molecule has 0 atom stereocenters. The Bertz CT molecular complexity index is 524. The maximum absolute atomic E-state index is 5.80. The summed E-state index contributed by atoms with van der Waals surface area (Å²) in [5, 5.41) is 0. The molecule has 0 radical (unpaired) electrons. The molecule has 0 unspecified atom stereocenters. The van der Waals surface area contributed by atoms with Gasteiger partial charge < -0.3 is 4.74 Å². The first-order chi connectivity index (χ1) is 8.72. The number of hydrogen-bond acceptors (Lipinski definition) is 2. The summed E-state index contributed by atoms with van der Waals surface area (Å²) in [6.07, 6.45) is 1.08. The van der Waals surface area contributed by atoms with E-state index in [9.17, 15) is 0 Å². The summed E-state index contributed by atoms with van der Waals surface area (Å²) in [6.45, 7) is 2.78. The number of ether oxygens (including phenoxy) is 1. The highest BCUT2D eigenvalue weighted by atomic mass is 79.9. The van der Waals surface area contributed by atoms with Crippen molar-refractivity contribution in [2.75, 3.05) is 0 Å². The predicted octanol–water partition coefficient (Wildman–Crippen LogP) is 5.39. The summed E-state index contributed by atoms with van der Waals surface area (Å²) in [5.41, 5.74) is 1.08. The molecule has 0 aliphatic rings. The van der Waals surface area contributed by atoms with Crippen LogP contribution in [0.2, 0.25) is 0 Å². The highest BCUT2D eigenvalue weighted by Crippen LogP contribution is 2.28. The number of thiophene rings is 1. The first-order valence-corrected chi connectivity index (χ1v) is 7.92. The summed E-state index contributed by atoms with van der Waals surface area (Å²) in [5.74, 6) is 1.37. The molecule has 1 nitrogen and oxygen atoms in total. The molecule has 0 bridgehead atoms. The monoisotopic (exact) mass is 344 g/mol. The fourth-order valence-corrected chi connectivity index (χ4v) is 3.16. The number of benzene rings is 1. The Morgan fingerprint density at radius 3 is 2.61 bits per heavy atom. The van der Waals surface area contributed by atoms with E-state index in [1.807, 2.05) is 18.2 Å². The van der Waals surface area contributed by atoms with Gasteiger partial charge in [0.2, 0.25) is 0 Å². The summed E-state index contributed by atoms with van der Waals surface area (Å²) in [6, 6.07) is 10.2. The van der Waals surface area contributed by atoms with Crippen molar-refractivity contribution in [3.05, 3.63) is 50.1 Å². The lowest BCUT2D eigenvalue weighted by Crippen LogP contribution is -1.94. The van der Waals surface area contributed by atoms with Gasteiger partial charge in [0.05, 0.1) is 4.47 Å². The third-order valence-corrected chi connectivity index (χ3v) is 4.72. The molecule has 4 heteroatoms. The van der Waals surface area contributed by atoms with Gasteiger partial charge in [-0.2, -0.15) is 0 Å². The minimum Gasteiger partial charge on any atom is -0.487 e. The maximum Gasteiger partial charge on any atom is 0.134 e. The number of alkyl halides is 1. The summed E-state index contributed by atoms with van der Waals surface area (Å²) >= 11 is 11.1.